The van der Waals surface area contributed by atoms with Gasteiger partial charge in [-0.3, -0.25) is 0 Å². The van der Waals surface area contributed by atoms with Crippen LogP contribution in [0.3, 0.4) is 0 Å². The maximum absolute atomic E-state index is 2.50. The Balaban J connectivity index is 0.900. The van der Waals surface area contributed by atoms with E-state index in [-0.39, 0.29) is 10.8 Å². The summed E-state index contributed by atoms with van der Waals surface area (Å²) in [5, 5.41) is 0. The van der Waals surface area contributed by atoms with E-state index in [1.54, 1.807) is 0 Å². The van der Waals surface area contributed by atoms with Crippen LogP contribution in [0.5, 0.6) is 0 Å². The highest BCUT2D eigenvalue weighted by Gasteiger charge is 2.37. The molecular formula is C57H49N. The molecule has 1 nitrogen and oxygen atoms in total. The van der Waals surface area contributed by atoms with Crippen molar-refractivity contribution in [2.75, 3.05) is 4.90 Å². The molecule has 2 aliphatic carbocycles. The number of benzene rings is 8. The number of aryl methyl sites for hydroxylation is 1. The quantitative estimate of drug-likeness (QED) is 0.142. The minimum absolute atomic E-state index is 0.0109. The largest absolute Gasteiger partial charge is 0.310 e. The molecule has 0 fully saturated rings. The van der Waals surface area contributed by atoms with Gasteiger partial charge in [0.2, 0.25) is 0 Å². The molecule has 0 amide bonds. The highest BCUT2D eigenvalue weighted by Crippen LogP contribution is 2.51. The lowest BCUT2D eigenvalue weighted by Crippen LogP contribution is -2.16. The molecule has 0 saturated heterocycles. The summed E-state index contributed by atoms with van der Waals surface area (Å²) in [5.74, 6) is 0.317. The van der Waals surface area contributed by atoms with Gasteiger partial charge in [0.05, 0.1) is 0 Å². The third kappa shape index (κ3) is 6.09. The SMILES string of the molecule is CC1(C)c2ccccc2-c2ccc(C(CCc3ccc(-c4ccc(N(c5ccccc5)c5ccc6c(c5)C(C)(C)c5ccccc5-6)cc4)cc3)c3ccccc3)cc21. The van der Waals surface area contributed by atoms with Gasteiger partial charge in [-0.1, -0.05) is 185 Å². The molecule has 8 aromatic rings. The third-order valence-electron chi connectivity index (χ3n) is 13.2. The first-order valence-electron chi connectivity index (χ1n) is 20.9. The summed E-state index contributed by atoms with van der Waals surface area (Å²) in [6.07, 6.45) is 2.06. The Morgan fingerprint density at radius 3 is 1.47 bits per heavy atom. The third-order valence-corrected chi connectivity index (χ3v) is 13.2. The van der Waals surface area contributed by atoms with Gasteiger partial charge in [0.1, 0.15) is 0 Å². The zero-order valence-corrected chi connectivity index (χ0v) is 33.9. The van der Waals surface area contributed by atoms with Crippen LogP contribution in [-0.4, -0.2) is 0 Å². The number of para-hydroxylation sites is 1. The summed E-state index contributed by atoms with van der Waals surface area (Å²) in [6.45, 7) is 9.46. The van der Waals surface area contributed by atoms with Crippen molar-refractivity contribution >= 4 is 17.1 Å². The molecule has 58 heavy (non-hydrogen) atoms. The predicted molar refractivity (Wildman–Crippen MR) is 245 cm³/mol. The van der Waals surface area contributed by atoms with Crippen LogP contribution in [0.15, 0.2) is 194 Å². The second-order valence-corrected chi connectivity index (χ2v) is 17.3. The van der Waals surface area contributed by atoms with Gasteiger partial charge in [-0.25, -0.2) is 0 Å². The van der Waals surface area contributed by atoms with Crippen molar-refractivity contribution in [2.24, 2.45) is 0 Å². The van der Waals surface area contributed by atoms with Gasteiger partial charge in [0.25, 0.3) is 0 Å². The molecule has 0 saturated carbocycles. The van der Waals surface area contributed by atoms with Crippen molar-refractivity contribution in [3.8, 4) is 33.4 Å². The van der Waals surface area contributed by atoms with E-state index in [1.165, 1.54) is 78.0 Å². The van der Waals surface area contributed by atoms with Gasteiger partial charge in [-0.2, -0.15) is 0 Å². The van der Waals surface area contributed by atoms with Crippen LogP contribution in [0, 0.1) is 0 Å². The van der Waals surface area contributed by atoms with E-state index in [2.05, 4.69) is 227 Å². The monoisotopic (exact) mass is 747 g/mol. The first-order chi connectivity index (χ1) is 28.3. The van der Waals surface area contributed by atoms with Crippen molar-refractivity contribution in [3.05, 3.63) is 233 Å². The van der Waals surface area contributed by atoms with Crippen LogP contribution in [0.25, 0.3) is 33.4 Å². The zero-order valence-electron chi connectivity index (χ0n) is 33.9. The van der Waals surface area contributed by atoms with Crippen molar-refractivity contribution in [1.29, 1.82) is 0 Å². The first-order valence-corrected chi connectivity index (χ1v) is 20.9. The molecule has 2 aliphatic rings. The molecule has 1 heteroatoms. The van der Waals surface area contributed by atoms with Gasteiger partial charge in [-0.15, -0.1) is 0 Å². The smallest absolute Gasteiger partial charge is 0.0465 e. The summed E-state index contributed by atoms with van der Waals surface area (Å²) in [5.41, 5.74) is 21.1. The van der Waals surface area contributed by atoms with Crippen molar-refractivity contribution in [2.45, 2.75) is 57.3 Å². The lowest BCUT2D eigenvalue weighted by atomic mass is 9.79. The molecule has 0 bridgehead atoms. The summed E-state index contributed by atoms with van der Waals surface area (Å²) < 4.78 is 0. The van der Waals surface area contributed by atoms with Gasteiger partial charge >= 0.3 is 0 Å². The minimum Gasteiger partial charge on any atom is -0.310 e. The second-order valence-electron chi connectivity index (χ2n) is 17.3. The second kappa shape index (κ2) is 14.2. The maximum atomic E-state index is 2.50. The number of fused-ring (bicyclic) bond motifs is 6. The van der Waals surface area contributed by atoms with E-state index in [4.69, 9.17) is 0 Å². The molecule has 1 unspecified atom stereocenters. The Hall–Kier alpha value is -6.44. The molecule has 282 valence electrons. The van der Waals surface area contributed by atoms with Crippen molar-refractivity contribution in [1.82, 2.24) is 0 Å². The molecule has 0 N–H and O–H groups in total. The number of rotatable bonds is 9. The molecule has 0 aromatic heterocycles. The Morgan fingerprint density at radius 2 is 0.845 bits per heavy atom. The maximum Gasteiger partial charge on any atom is 0.0465 e. The zero-order chi connectivity index (χ0) is 39.4. The van der Waals surface area contributed by atoms with Crippen molar-refractivity contribution < 1.29 is 0 Å². The van der Waals surface area contributed by atoms with Crippen molar-refractivity contribution in [3.63, 3.8) is 0 Å². The molecule has 1 atom stereocenters. The molecule has 0 spiro atoms. The van der Waals surface area contributed by atoms with E-state index in [9.17, 15) is 0 Å². The van der Waals surface area contributed by atoms with Crippen LogP contribution >= 0.6 is 0 Å². The number of anilines is 3. The molecule has 0 radical (unpaired) electrons. The van der Waals surface area contributed by atoms with Crippen LogP contribution in [0.2, 0.25) is 0 Å². The fourth-order valence-electron chi connectivity index (χ4n) is 9.98. The summed E-state index contributed by atoms with van der Waals surface area (Å²) in [7, 11) is 0. The average molecular weight is 748 g/mol. The molecule has 0 aliphatic heterocycles. The van der Waals surface area contributed by atoms with E-state index < -0.39 is 0 Å². The van der Waals surface area contributed by atoms with Crippen LogP contribution in [0.1, 0.15) is 79.0 Å². The summed E-state index contributed by atoms with van der Waals surface area (Å²) in [4.78, 5) is 2.39. The highest BCUT2D eigenvalue weighted by atomic mass is 15.1. The lowest BCUT2D eigenvalue weighted by Gasteiger charge is -2.28. The Labute approximate surface area is 344 Å². The minimum atomic E-state index is -0.0607. The number of hydrogen-bond acceptors (Lipinski definition) is 1. The summed E-state index contributed by atoms with van der Waals surface area (Å²) >= 11 is 0. The number of nitrogens with zero attached hydrogens (tertiary/aromatic N) is 1. The molecule has 0 heterocycles. The fraction of sp³-hybridized carbons (Fsp3) is 0.158. The lowest BCUT2D eigenvalue weighted by molar-refractivity contribution is 0.654. The molecular weight excluding hydrogens is 699 g/mol. The van der Waals surface area contributed by atoms with E-state index >= 15 is 0 Å². The van der Waals surface area contributed by atoms with Gasteiger partial charge in [-0.05, 0) is 122 Å². The fourth-order valence-corrected chi connectivity index (χ4v) is 9.98. The molecule has 10 rings (SSSR count). The Bertz CT molecular complexity index is 2760. The van der Waals surface area contributed by atoms with Crippen LogP contribution < -0.4 is 4.90 Å². The van der Waals surface area contributed by atoms with Gasteiger partial charge < -0.3 is 4.90 Å². The van der Waals surface area contributed by atoms with Crippen LogP contribution in [-0.2, 0) is 17.3 Å². The number of hydrogen-bond donors (Lipinski definition) is 0. The van der Waals surface area contributed by atoms with Crippen LogP contribution in [0.4, 0.5) is 17.1 Å². The topological polar surface area (TPSA) is 3.24 Å². The van der Waals surface area contributed by atoms with Gasteiger partial charge in [0.15, 0.2) is 0 Å². The van der Waals surface area contributed by atoms with E-state index in [0.717, 1.165) is 24.2 Å². The Morgan fingerprint density at radius 1 is 0.379 bits per heavy atom. The Kier molecular flexibility index (Phi) is 8.79. The predicted octanol–water partition coefficient (Wildman–Crippen LogP) is 15.2. The van der Waals surface area contributed by atoms with Gasteiger partial charge in [0, 0.05) is 33.8 Å². The van der Waals surface area contributed by atoms with E-state index in [1.807, 2.05) is 0 Å². The summed E-state index contributed by atoms with van der Waals surface area (Å²) in [6, 6.07) is 72.2. The standard InChI is InChI=1S/C57H49N/c1-56(2)52-21-13-11-19-48(52)50-35-30-43(37-54(50)56)47(42-15-7-5-8-16-42)34-25-39-23-26-40(27-24-39)41-28-31-45(32-29-41)58(44-17-9-6-10-18-44)46-33-36-51-49-20-12-14-22-53(49)57(3,4)55(51)38-46/h5-24,26-33,35-38,47H,25,34H2,1-4H3. The molecule has 8 aromatic carbocycles. The normalized spacial score (nSPS) is 14.6. The van der Waals surface area contributed by atoms with E-state index in [0.29, 0.717) is 5.92 Å². The first kappa shape index (κ1) is 35.9. The average Bonchev–Trinajstić information content (AvgIpc) is 3.64. The highest BCUT2D eigenvalue weighted by molar-refractivity contribution is 5.86.